The molecular weight excluding hydrogens is 352 g/mol. The van der Waals surface area contributed by atoms with Gasteiger partial charge in [0.2, 0.25) is 0 Å². The van der Waals surface area contributed by atoms with Crippen LogP contribution in [0.4, 0.5) is 0 Å². The maximum atomic E-state index is 11.7. The Bertz CT molecular complexity index is 919. The molecule has 2 N–H and O–H groups in total. The van der Waals surface area contributed by atoms with E-state index >= 15 is 0 Å². The second-order valence-corrected chi connectivity index (χ2v) is 6.04. The lowest BCUT2D eigenvalue weighted by Gasteiger charge is -2.29. The number of benzene rings is 2. The predicted octanol–water partition coefficient (Wildman–Crippen LogP) is 3.13. The van der Waals surface area contributed by atoms with Crippen LogP contribution < -0.4 is 9.47 Å². The quantitative estimate of drug-likeness (QED) is 0.743. The Hall–Kier alpha value is -4.04. The van der Waals surface area contributed by atoms with Crippen molar-refractivity contribution >= 4 is 11.9 Å². The average molecular weight is 366 g/mol. The molecule has 8 nitrogen and oxygen atoms in total. The molecule has 0 fully saturated rings. The monoisotopic (exact) mass is 366 g/mol. The van der Waals surface area contributed by atoms with Gasteiger partial charge in [-0.3, -0.25) is 0 Å². The zero-order valence-corrected chi connectivity index (χ0v) is 14.4. The van der Waals surface area contributed by atoms with E-state index in [2.05, 4.69) is 9.47 Å². The largest absolute Gasteiger partial charge is 0.478 e. The Labute approximate surface area is 154 Å². The lowest BCUT2D eigenvalue weighted by Crippen LogP contribution is -2.25. The minimum absolute atomic E-state index is 0.0608. The summed E-state index contributed by atoms with van der Waals surface area (Å²) in [7, 11) is 0. The Kier molecular flexibility index (Phi) is 5.33. The van der Waals surface area contributed by atoms with Crippen LogP contribution in [-0.2, 0) is 5.41 Å². The Morgan fingerprint density at radius 1 is 0.852 bits per heavy atom. The van der Waals surface area contributed by atoms with Gasteiger partial charge in [-0.1, -0.05) is 26.0 Å². The van der Waals surface area contributed by atoms with Crippen LogP contribution in [0.25, 0.3) is 0 Å². The third kappa shape index (κ3) is 3.80. The van der Waals surface area contributed by atoms with Gasteiger partial charge in [0.1, 0.15) is 11.5 Å². The molecule has 0 spiro atoms. The number of nitrogens with zero attached hydrogens (tertiary/aromatic N) is 2. The van der Waals surface area contributed by atoms with Gasteiger partial charge in [0.05, 0.1) is 11.1 Å². The molecule has 2 rings (SSSR count). The number of ether oxygens (including phenoxy) is 2. The molecule has 136 valence electrons. The second-order valence-electron chi connectivity index (χ2n) is 6.04. The highest BCUT2D eigenvalue weighted by Gasteiger charge is 2.32. The van der Waals surface area contributed by atoms with Gasteiger partial charge in [-0.15, -0.1) is 10.5 Å². The fourth-order valence-electron chi connectivity index (χ4n) is 2.87. The number of carbonyl (C=O) groups is 2. The van der Waals surface area contributed by atoms with E-state index in [1.54, 1.807) is 13.8 Å². The molecular formula is C19H14N2O6. The molecule has 0 saturated carbocycles. The average Bonchev–Trinajstić information content (AvgIpc) is 2.61. The van der Waals surface area contributed by atoms with Crippen LogP contribution in [0.5, 0.6) is 11.5 Å². The van der Waals surface area contributed by atoms with Gasteiger partial charge in [0, 0.05) is 5.41 Å². The number of nitriles is 2. The molecule has 0 aliphatic rings. The number of carboxylic acid groups (broad SMARTS) is 2. The molecule has 0 amide bonds. The second kappa shape index (κ2) is 7.46. The standard InChI is InChI=1S/C19H14N2O6/c1-19(2,15-5-3-11(26-9-20)7-13(15)17(22)23)16-6-4-12(27-10-21)8-14(16)18(24)25/h3-8H,1-2H3,(H,22,23)(H,24,25). The first-order chi connectivity index (χ1) is 12.7. The summed E-state index contributed by atoms with van der Waals surface area (Å²) >= 11 is 0. The summed E-state index contributed by atoms with van der Waals surface area (Å²) in [6.45, 7) is 3.35. The summed E-state index contributed by atoms with van der Waals surface area (Å²) in [5, 5.41) is 36.3. The number of hydrogen-bond acceptors (Lipinski definition) is 6. The summed E-state index contributed by atoms with van der Waals surface area (Å²) in [5.74, 6) is -2.37. The van der Waals surface area contributed by atoms with Crippen molar-refractivity contribution in [3.8, 4) is 24.0 Å². The fourth-order valence-corrected chi connectivity index (χ4v) is 2.87. The van der Waals surface area contributed by atoms with Crippen molar-refractivity contribution in [1.82, 2.24) is 0 Å². The van der Waals surface area contributed by atoms with Crippen molar-refractivity contribution in [1.29, 1.82) is 10.5 Å². The van der Waals surface area contributed by atoms with Crippen LogP contribution in [-0.4, -0.2) is 22.2 Å². The van der Waals surface area contributed by atoms with Crippen molar-refractivity contribution in [2.24, 2.45) is 0 Å². The van der Waals surface area contributed by atoms with Crippen molar-refractivity contribution in [3.63, 3.8) is 0 Å². The first-order valence-corrected chi connectivity index (χ1v) is 7.60. The van der Waals surface area contributed by atoms with Crippen LogP contribution >= 0.6 is 0 Å². The van der Waals surface area contributed by atoms with Crippen molar-refractivity contribution in [2.75, 3.05) is 0 Å². The van der Waals surface area contributed by atoms with Gasteiger partial charge in [-0.2, -0.15) is 0 Å². The molecule has 2 aromatic carbocycles. The molecule has 0 aromatic heterocycles. The van der Waals surface area contributed by atoms with Crippen molar-refractivity contribution in [2.45, 2.75) is 19.3 Å². The molecule has 27 heavy (non-hydrogen) atoms. The van der Waals surface area contributed by atoms with E-state index in [9.17, 15) is 19.8 Å². The van der Waals surface area contributed by atoms with E-state index in [1.807, 2.05) is 0 Å². The number of rotatable bonds is 6. The maximum absolute atomic E-state index is 11.7. The van der Waals surface area contributed by atoms with E-state index in [0.717, 1.165) is 0 Å². The minimum atomic E-state index is -1.25. The maximum Gasteiger partial charge on any atom is 0.336 e. The smallest absolute Gasteiger partial charge is 0.336 e. The Morgan fingerprint density at radius 2 is 1.22 bits per heavy atom. The molecule has 0 aliphatic heterocycles. The summed E-state index contributed by atoms with van der Waals surface area (Å²) < 4.78 is 9.35. The molecule has 8 heteroatoms. The van der Waals surface area contributed by atoms with Gasteiger partial charge < -0.3 is 19.7 Å². The molecule has 0 saturated heterocycles. The van der Waals surface area contributed by atoms with E-state index in [1.165, 1.54) is 48.9 Å². The van der Waals surface area contributed by atoms with Crippen LogP contribution in [0, 0.1) is 23.0 Å². The lowest BCUT2D eigenvalue weighted by molar-refractivity contribution is 0.0686. The zero-order chi connectivity index (χ0) is 20.2. The third-order valence-electron chi connectivity index (χ3n) is 4.12. The van der Waals surface area contributed by atoms with E-state index in [-0.39, 0.29) is 22.6 Å². The molecule has 0 bridgehead atoms. The van der Waals surface area contributed by atoms with Gasteiger partial charge in [0.25, 0.3) is 12.5 Å². The van der Waals surface area contributed by atoms with Crippen molar-refractivity contribution in [3.05, 3.63) is 58.7 Å². The number of aromatic carboxylic acids is 2. The molecule has 0 unspecified atom stereocenters. The Balaban J connectivity index is 2.69. The minimum Gasteiger partial charge on any atom is -0.478 e. The van der Waals surface area contributed by atoms with E-state index in [4.69, 9.17) is 10.5 Å². The highest BCUT2D eigenvalue weighted by Crippen LogP contribution is 2.38. The Morgan fingerprint density at radius 3 is 1.52 bits per heavy atom. The summed E-state index contributed by atoms with van der Waals surface area (Å²) in [6, 6.07) is 8.22. The molecule has 0 radical (unpaired) electrons. The van der Waals surface area contributed by atoms with E-state index in [0.29, 0.717) is 11.1 Å². The lowest BCUT2D eigenvalue weighted by atomic mass is 9.74. The SMILES string of the molecule is CC(C)(c1ccc(OC#N)cc1C(=O)O)c1ccc(OC#N)cc1C(=O)O. The van der Waals surface area contributed by atoms with Crippen LogP contribution in [0.3, 0.4) is 0 Å². The van der Waals surface area contributed by atoms with Gasteiger partial charge in [0.15, 0.2) is 0 Å². The first-order valence-electron chi connectivity index (χ1n) is 7.60. The predicted molar refractivity (Wildman–Crippen MR) is 91.4 cm³/mol. The van der Waals surface area contributed by atoms with Crippen LogP contribution in [0.1, 0.15) is 45.7 Å². The zero-order valence-electron chi connectivity index (χ0n) is 14.4. The highest BCUT2D eigenvalue weighted by molar-refractivity contribution is 5.93. The van der Waals surface area contributed by atoms with Crippen molar-refractivity contribution < 1.29 is 29.3 Å². The fraction of sp³-hybridized carbons (Fsp3) is 0.158. The van der Waals surface area contributed by atoms with Gasteiger partial charge in [-0.05, 0) is 35.4 Å². The van der Waals surface area contributed by atoms with E-state index < -0.39 is 17.4 Å². The number of hydrogen-bond donors (Lipinski definition) is 2. The van der Waals surface area contributed by atoms with Crippen LogP contribution in [0.2, 0.25) is 0 Å². The third-order valence-corrected chi connectivity index (χ3v) is 4.12. The van der Waals surface area contributed by atoms with Gasteiger partial charge >= 0.3 is 11.9 Å². The van der Waals surface area contributed by atoms with Gasteiger partial charge in [-0.25, -0.2) is 9.59 Å². The summed E-state index contributed by atoms with van der Waals surface area (Å²) in [4.78, 5) is 23.4. The normalized spacial score (nSPS) is 10.4. The first kappa shape index (κ1) is 19.3. The summed E-state index contributed by atoms with van der Waals surface area (Å²) in [6.07, 6.45) is 2.94. The molecule has 2 aromatic rings. The van der Waals surface area contributed by atoms with Crippen LogP contribution in [0.15, 0.2) is 36.4 Å². The molecule has 0 heterocycles. The highest BCUT2D eigenvalue weighted by atomic mass is 16.5. The molecule has 0 aliphatic carbocycles. The summed E-state index contributed by atoms with van der Waals surface area (Å²) in [5.41, 5.74) is -0.617. The number of carboxylic acids is 2. The molecule has 0 atom stereocenters. The topological polar surface area (TPSA) is 141 Å².